The van der Waals surface area contributed by atoms with Crippen molar-refractivity contribution in [3.8, 4) is 101 Å². The van der Waals surface area contributed by atoms with Gasteiger partial charge in [0, 0.05) is 103 Å². The summed E-state index contributed by atoms with van der Waals surface area (Å²) in [5.41, 5.74) is 25.4. The van der Waals surface area contributed by atoms with Crippen LogP contribution in [-0.2, 0) is 0 Å². The fraction of sp³-hybridized carbons (Fsp3) is 0. The highest BCUT2D eigenvalue weighted by atomic mass is 14.7. The second-order valence-electron chi connectivity index (χ2n) is 29.3. The van der Waals surface area contributed by atoms with Gasteiger partial charge >= 0.3 is 0 Å². The summed E-state index contributed by atoms with van der Waals surface area (Å²) < 4.78 is 0. The summed E-state index contributed by atoms with van der Waals surface area (Å²) in [7, 11) is 0. The van der Waals surface area contributed by atoms with Crippen molar-refractivity contribution in [1.82, 2.24) is 44.9 Å². The van der Waals surface area contributed by atoms with E-state index in [1.165, 1.54) is 76.1 Å². The quantitative estimate of drug-likeness (QED) is 0.130. The summed E-state index contributed by atoms with van der Waals surface area (Å²) in [5, 5.41) is 19.2. The van der Waals surface area contributed by atoms with Gasteiger partial charge in [-0.1, -0.05) is 212 Å². The van der Waals surface area contributed by atoms with Crippen LogP contribution in [0, 0.1) is 0 Å². The standard InChI is InChI=1S/2C37H23N3.C33H21N3/c1-2-6-30-27(5-1)23-33(32-8-4-3-7-31(30)32)37-16-12-29-22-26(10-14-36(29)40-37)25-9-13-35-28(21-25)11-15-34(39-35)24-17-19-38-20-18-24;1-2-6-31-24(4-1)8-9-26-5-3-7-32(37(26)31)36-17-13-30-23-28(11-15-35(30)40-36)27-10-14-34-29(22-27)12-16-33(39-34)25-18-20-38-21-19-25;1-2-4-24-19-27(6-5-22(24)3-1)33-14-10-29-21-26(8-12-32(29)36-33)25-7-11-31-28(20-25)9-13-30(35-31)23-15-17-34-18-16-23/h2*1-23H;1-21H. The minimum atomic E-state index is 0.953. The first-order valence-corrected chi connectivity index (χ1v) is 38.9. The predicted molar refractivity (Wildman–Crippen MR) is 481 cm³/mol. The molecule has 0 aliphatic rings. The van der Waals surface area contributed by atoms with Crippen molar-refractivity contribution in [3.63, 3.8) is 0 Å². The first-order chi connectivity index (χ1) is 57.4. The Labute approximate surface area is 668 Å². The molecule has 0 saturated heterocycles. The van der Waals surface area contributed by atoms with Gasteiger partial charge in [0.1, 0.15) is 0 Å². The lowest BCUT2D eigenvalue weighted by molar-refractivity contribution is 1.31. The summed E-state index contributed by atoms with van der Waals surface area (Å²) >= 11 is 0. The maximum atomic E-state index is 5.11. The van der Waals surface area contributed by atoms with Gasteiger partial charge < -0.3 is 0 Å². The Morgan fingerprint density at radius 3 is 0.871 bits per heavy atom. The van der Waals surface area contributed by atoms with E-state index in [1.807, 2.05) is 36.4 Å². The van der Waals surface area contributed by atoms with Crippen LogP contribution in [0.2, 0.25) is 0 Å². The molecule has 0 atom stereocenters. The maximum Gasteiger partial charge on any atom is 0.0716 e. The van der Waals surface area contributed by atoms with Gasteiger partial charge in [0.25, 0.3) is 0 Å². The van der Waals surface area contributed by atoms with Crippen molar-refractivity contribution in [3.05, 3.63) is 407 Å². The van der Waals surface area contributed by atoms with Crippen LogP contribution in [0.5, 0.6) is 0 Å². The number of rotatable bonds is 9. The molecular formula is C107H67N9. The van der Waals surface area contributed by atoms with E-state index in [9.17, 15) is 0 Å². The molecule has 0 amide bonds. The van der Waals surface area contributed by atoms with Gasteiger partial charge in [0.05, 0.1) is 67.3 Å². The molecule has 9 aromatic heterocycles. The van der Waals surface area contributed by atoms with E-state index in [0.717, 1.165) is 144 Å². The first kappa shape index (κ1) is 68.3. The lowest BCUT2D eigenvalue weighted by atomic mass is 9.95. The molecule has 9 heteroatoms. The third-order valence-corrected chi connectivity index (χ3v) is 22.2. The third-order valence-electron chi connectivity index (χ3n) is 22.2. The van der Waals surface area contributed by atoms with Crippen LogP contribution in [0.3, 0.4) is 0 Å². The monoisotopic (exact) mass is 1480 g/mol. The average molecular weight is 1480 g/mol. The lowest BCUT2D eigenvalue weighted by Gasteiger charge is -2.12. The SMILES string of the molecule is c1ccc2c(c1)cc(-c1ccc3cc(-c4ccc5nc(-c6ccncc6)ccc5c4)ccc3n1)c1ccccc12.c1ccc2c(c1)ccc1cccc(-c3ccc4cc(-c5ccc6nc(-c7ccncc7)ccc6c5)ccc4n3)c12.c1ccc2cc(-c3ccc4cc(-c5ccc6nc(-c7ccncc7)ccc6c5)ccc4n3)ccc2c1. The molecule has 23 aromatic rings. The van der Waals surface area contributed by atoms with Gasteiger partial charge in [0.2, 0.25) is 0 Å². The van der Waals surface area contributed by atoms with Crippen molar-refractivity contribution in [2.24, 2.45) is 0 Å². The summed E-state index contributed by atoms with van der Waals surface area (Å²) in [6.07, 6.45) is 10.8. The average Bonchev–Trinajstić information content (AvgIpc) is 0.756. The molecule has 0 fully saturated rings. The number of aromatic nitrogens is 9. The number of hydrogen-bond acceptors (Lipinski definition) is 9. The Hall–Kier alpha value is -15.7. The summed E-state index contributed by atoms with van der Waals surface area (Å²) in [6, 6.07) is 130. The second-order valence-corrected chi connectivity index (χ2v) is 29.3. The Morgan fingerprint density at radius 2 is 0.431 bits per heavy atom. The van der Waals surface area contributed by atoms with Crippen LogP contribution in [0.4, 0.5) is 0 Å². The number of pyridine rings is 9. The Morgan fingerprint density at radius 1 is 0.138 bits per heavy atom. The highest BCUT2D eigenvalue weighted by Crippen LogP contribution is 2.40. The molecule has 540 valence electrons. The molecule has 0 bridgehead atoms. The smallest absolute Gasteiger partial charge is 0.0716 e. The number of fused-ring (bicyclic) bond motifs is 13. The van der Waals surface area contributed by atoms with Gasteiger partial charge in [-0.3, -0.25) is 15.0 Å². The highest BCUT2D eigenvalue weighted by Gasteiger charge is 2.16. The summed E-state index contributed by atoms with van der Waals surface area (Å²) in [5.74, 6) is 0. The summed E-state index contributed by atoms with van der Waals surface area (Å²) in [6.45, 7) is 0. The predicted octanol–water partition coefficient (Wildman–Crippen LogP) is 27.3. The Balaban J connectivity index is 0.000000109. The maximum absolute atomic E-state index is 5.11. The van der Waals surface area contributed by atoms with Gasteiger partial charge in [-0.05, 0) is 245 Å². The van der Waals surface area contributed by atoms with E-state index in [0.29, 0.717) is 0 Å². The fourth-order valence-electron chi connectivity index (χ4n) is 16.2. The van der Waals surface area contributed by atoms with Crippen molar-refractivity contribution in [2.75, 3.05) is 0 Å². The fourth-order valence-corrected chi connectivity index (χ4v) is 16.2. The zero-order valence-electron chi connectivity index (χ0n) is 62.7. The van der Waals surface area contributed by atoms with E-state index in [4.69, 9.17) is 29.9 Å². The van der Waals surface area contributed by atoms with Gasteiger partial charge in [-0.2, -0.15) is 0 Å². The molecule has 9 heterocycles. The van der Waals surface area contributed by atoms with Crippen molar-refractivity contribution in [1.29, 1.82) is 0 Å². The van der Waals surface area contributed by atoms with Gasteiger partial charge in [-0.25, -0.2) is 29.9 Å². The number of hydrogen-bond donors (Lipinski definition) is 0. The molecule has 0 spiro atoms. The van der Waals surface area contributed by atoms with Crippen LogP contribution in [0.15, 0.2) is 407 Å². The molecule has 0 saturated carbocycles. The highest BCUT2D eigenvalue weighted by molar-refractivity contribution is 6.15. The normalized spacial score (nSPS) is 11.4. The molecule has 0 aliphatic carbocycles. The Kier molecular flexibility index (Phi) is 17.4. The van der Waals surface area contributed by atoms with E-state index >= 15 is 0 Å². The topological polar surface area (TPSA) is 116 Å². The summed E-state index contributed by atoms with van der Waals surface area (Å²) in [4.78, 5) is 42.1. The van der Waals surface area contributed by atoms with Crippen molar-refractivity contribution < 1.29 is 0 Å². The van der Waals surface area contributed by atoms with E-state index in [-0.39, 0.29) is 0 Å². The minimum Gasteiger partial charge on any atom is -0.265 e. The molecule has 0 N–H and O–H groups in total. The van der Waals surface area contributed by atoms with Crippen LogP contribution >= 0.6 is 0 Å². The molecule has 0 radical (unpaired) electrons. The van der Waals surface area contributed by atoms with Gasteiger partial charge in [0.15, 0.2) is 0 Å². The van der Waals surface area contributed by atoms with E-state index in [2.05, 4.69) is 349 Å². The first-order valence-electron chi connectivity index (χ1n) is 38.9. The zero-order valence-corrected chi connectivity index (χ0v) is 62.7. The molecule has 0 unspecified atom stereocenters. The lowest BCUT2D eigenvalue weighted by Crippen LogP contribution is -1.89. The van der Waals surface area contributed by atoms with Crippen LogP contribution in [-0.4, -0.2) is 44.9 Å². The molecule has 0 aliphatic heterocycles. The third kappa shape index (κ3) is 13.3. The van der Waals surface area contributed by atoms with Gasteiger partial charge in [-0.15, -0.1) is 0 Å². The molecule has 23 rings (SSSR count). The van der Waals surface area contributed by atoms with E-state index < -0.39 is 0 Å². The molecule has 116 heavy (non-hydrogen) atoms. The number of nitrogens with zero attached hydrogens (tertiary/aromatic N) is 9. The molecular weight excluding hydrogens is 1410 g/mol. The molecule has 14 aromatic carbocycles. The van der Waals surface area contributed by atoms with Crippen molar-refractivity contribution >= 4 is 119 Å². The largest absolute Gasteiger partial charge is 0.265 e. The zero-order chi connectivity index (χ0) is 76.8. The van der Waals surface area contributed by atoms with Crippen molar-refractivity contribution in [2.45, 2.75) is 0 Å². The minimum absolute atomic E-state index is 0.953. The van der Waals surface area contributed by atoms with Crippen LogP contribution in [0.1, 0.15) is 0 Å². The van der Waals surface area contributed by atoms with Crippen LogP contribution < -0.4 is 0 Å². The Bertz CT molecular complexity index is 7580. The van der Waals surface area contributed by atoms with E-state index in [1.54, 1.807) is 37.2 Å². The number of benzene rings is 14. The van der Waals surface area contributed by atoms with Crippen LogP contribution in [0.25, 0.3) is 220 Å². The second kappa shape index (κ2) is 29.5. The molecule has 9 nitrogen and oxygen atoms in total.